The molecule has 20 heavy (non-hydrogen) atoms. The predicted octanol–water partition coefficient (Wildman–Crippen LogP) is 2.32. The highest BCUT2D eigenvalue weighted by Crippen LogP contribution is 2.11. The smallest absolute Gasteiger partial charge is 0.338 e. The predicted molar refractivity (Wildman–Crippen MR) is 78.6 cm³/mol. The van der Waals surface area contributed by atoms with E-state index >= 15 is 0 Å². The first-order valence-electron chi connectivity index (χ1n) is 6.94. The van der Waals surface area contributed by atoms with Gasteiger partial charge in [-0.25, -0.2) is 4.79 Å². The largest absolute Gasteiger partial charge is 0.462 e. The fourth-order valence-corrected chi connectivity index (χ4v) is 1.73. The molecule has 0 fully saturated rings. The number of ether oxygens (including phenoxy) is 1. The number of hydrogen-bond acceptors (Lipinski definition) is 4. The van der Waals surface area contributed by atoms with Crippen molar-refractivity contribution < 1.29 is 14.3 Å². The van der Waals surface area contributed by atoms with Gasteiger partial charge in [-0.05, 0) is 50.6 Å². The normalized spacial score (nSPS) is 10.1. The Hall–Kier alpha value is -1.88. The van der Waals surface area contributed by atoms with Crippen molar-refractivity contribution in [1.29, 1.82) is 0 Å². The molecule has 0 saturated heterocycles. The lowest BCUT2D eigenvalue weighted by molar-refractivity contribution is -0.116. The van der Waals surface area contributed by atoms with Crippen LogP contribution in [0.15, 0.2) is 24.3 Å². The Morgan fingerprint density at radius 3 is 2.45 bits per heavy atom. The summed E-state index contributed by atoms with van der Waals surface area (Å²) in [4.78, 5) is 23.1. The van der Waals surface area contributed by atoms with E-state index in [0.717, 1.165) is 19.3 Å². The summed E-state index contributed by atoms with van der Waals surface area (Å²) in [5.41, 5.74) is 6.55. The molecule has 0 heterocycles. The van der Waals surface area contributed by atoms with Gasteiger partial charge in [0.1, 0.15) is 0 Å². The lowest BCUT2D eigenvalue weighted by Crippen LogP contribution is -2.11. The lowest BCUT2D eigenvalue weighted by Gasteiger charge is -2.06. The molecule has 0 aliphatic heterocycles. The number of nitrogens with two attached hydrogens (primary N) is 1. The van der Waals surface area contributed by atoms with Gasteiger partial charge in [0.15, 0.2) is 0 Å². The summed E-state index contributed by atoms with van der Waals surface area (Å²) in [7, 11) is 0. The summed E-state index contributed by atoms with van der Waals surface area (Å²) in [5.74, 6) is -0.377. The van der Waals surface area contributed by atoms with Crippen LogP contribution in [0.5, 0.6) is 0 Å². The second-order valence-electron chi connectivity index (χ2n) is 4.45. The molecule has 1 rings (SSSR count). The Morgan fingerprint density at radius 2 is 1.85 bits per heavy atom. The molecule has 0 aromatic heterocycles. The van der Waals surface area contributed by atoms with E-state index in [4.69, 9.17) is 10.5 Å². The third-order valence-electron chi connectivity index (χ3n) is 2.79. The fraction of sp³-hybridized carbons (Fsp3) is 0.467. The number of nitrogens with one attached hydrogen (secondary N) is 1. The summed E-state index contributed by atoms with van der Waals surface area (Å²) in [5, 5.41) is 2.79. The van der Waals surface area contributed by atoms with Crippen molar-refractivity contribution >= 4 is 17.6 Å². The van der Waals surface area contributed by atoms with E-state index in [1.165, 1.54) is 0 Å². The second-order valence-corrected chi connectivity index (χ2v) is 4.45. The summed E-state index contributed by atoms with van der Waals surface area (Å²) in [6.45, 7) is 2.77. The molecule has 110 valence electrons. The number of benzene rings is 1. The van der Waals surface area contributed by atoms with Crippen molar-refractivity contribution in [2.45, 2.75) is 32.6 Å². The minimum Gasteiger partial charge on any atom is -0.462 e. The van der Waals surface area contributed by atoms with Gasteiger partial charge in [-0.3, -0.25) is 4.79 Å². The number of rotatable bonds is 8. The summed E-state index contributed by atoms with van der Waals surface area (Å²) in [6, 6.07) is 6.68. The molecule has 0 unspecified atom stereocenters. The van der Waals surface area contributed by atoms with E-state index in [9.17, 15) is 9.59 Å². The van der Waals surface area contributed by atoms with Crippen molar-refractivity contribution in [2.24, 2.45) is 5.73 Å². The third kappa shape index (κ3) is 5.84. The van der Waals surface area contributed by atoms with Crippen LogP contribution in [0.1, 0.15) is 43.0 Å². The SMILES string of the molecule is CCOC(=O)c1ccc(NC(=O)CCCCCN)cc1. The van der Waals surface area contributed by atoms with Crippen LogP contribution >= 0.6 is 0 Å². The summed E-state index contributed by atoms with van der Waals surface area (Å²) < 4.78 is 4.89. The van der Waals surface area contributed by atoms with Crippen LogP contribution in [-0.2, 0) is 9.53 Å². The number of unbranched alkanes of at least 4 members (excludes halogenated alkanes) is 2. The lowest BCUT2D eigenvalue weighted by atomic mass is 10.1. The minimum atomic E-state index is -0.354. The molecule has 1 aromatic carbocycles. The highest BCUT2D eigenvalue weighted by Gasteiger charge is 2.07. The fourth-order valence-electron chi connectivity index (χ4n) is 1.73. The maximum Gasteiger partial charge on any atom is 0.338 e. The topological polar surface area (TPSA) is 81.4 Å². The number of carbonyl (C=O) groups is 2. The molecule has 1 aromatic rings. The van der Waals surface area contributed by atoms with Gasteiger partial charge in [-0.2, -0.15) is 0 Å². The first-order valence-corrected chi connectivity index (χ1v) is 6.94. The van der Waals surface area contributed by atoms with Crippen LogP contribution in [0.2, 0.25) is 0 Å². The standard InChI is InChI=1S/C15H22N2O3/c1-2-20-15(19)12-7-9-13(10-8-12)17-14(18)6-4-3-5-11-16/h7-10H,2-6,11,16H2,1H3,(H,17,18). The Balaban J connectivity index is 2.41. The van der Waals surface area contributed by atoms with Crippen LogP contribution in [0, 0.1) is 0 Å². The highest BCUT2D eigenvalue weighted by atomic mass is 16.5. The van der Waals surface area contributed by atoms with Crippen LogP contribution < -0.4 is 11.1 Å². The summed E-state index contributed by atoms with van der Waals surface area (Å²) >= 11 is 0. The maximum atomic E-state index is 11.7. The van der Waals surface area contributed by atoms with Gasteiger partial charge in [0, 0.05) is 12.1 Å². The molecule has 0 atom stereocenters. The Bertz CT molecular complexity index is 429. The van der Waals surface area contributed by atoms with Crippen LogP contribution in [0.4, 0.5) is 5.69 Å². The number of carbonyl (C=O) groups excluding carboxylic acids is 2. The molecule has 0 aliphatic rings. The number of hydrogen-bond donors (Lipinski definition) is 2. The van der Waals surface area contributed by atoms with Gasteiger partial charge >= 0.3 is 5.97 Å². The molecule has 0 radical (unpaired) electrons. The Kier molecular flexibility index (Phi) is 7.35. The number of anilines is 1. The molecule has 3 N–H and O–H groups in total. The van der Waals surface area contributed by atoms with Gasteiger partial charge in [0.25, 0.3) is 0 Å². The molecule has 0 spiro atoms. The third-order valence-corrected chi connectivity index (χ3v) is 2.79. The van der Waals surface area contributed by atoms with Crippen LogP contribution in [0.25, 0.3) is 0 Å². The van der Waals surface area contributed by atoms with E-state index in [2.05, 4.69) is 5.32 Å². The van der Waals surface area contributed by atoms with Crippen molar-refractivity contribution in [2.75, 3.05) is 18.5 Å². The zero-order valence-electron chi connectivity index (χ0n) is 11.9. The average Bonchev–Trinajstić information content (AvgIpc) is 2.45. The summed E-state index contributed by atoms with van der Waals surface area (Å²) in [6.07, 6.45) is 3.23. The van der Waals surface area contributed by atoms with E-state index < -0.39 is 0 Å². The van der Waals surface area contributed by atoms with Gasteiger partial charge in [0.05, 0.1) is 12.2 Å². The van der Waals surface area contributed by atoms with E-state index in [-0.39, 0.29) is 11.9 Å². The monoisotopic (exact) mass is 278 g/mol. The van der Waals surface area contributed by atoms with Gasteiger partial charge < -0.3 is 15.8 Å². The van der Waals surface area contributed by atoms with Crippen LogP contribution in [-0.4, -0.2) is 25.0 Å². The zero-order chi connectivity index (χ0) is 14.8. The maximum absolute atomic E-state index is 11.7. The Morgan fingerprint density at radius 1 is 1.15 bits per heavy atom. The first-order chi connectivity index (χ1) is 9.67. The van der Waals surface area contributed by atoms with E-state index in [0.29, 0.717) is 30.8 Å². The van der Waals surface area contributed by atoms with Crippen molar-refractivity contribution in [3.05, 3.63) is 29.8 Å². The quantitative estimate of drug-likeness (QED) is 0.565. The van der Waals surface area contributed by atoms with Crippen molar-refractivity contribution in [3.63, 3.8) is 0 Å². The molecule has 0 aliphatic carbocycles. The molecule has 0 saturated carbocycles. The van der Waals surface area contributed by atoms with E-state index in [1.807, 2.05) is 0 Å². The zero-order valence-corrected chi connectivity index (χ0v) is 11.9. The molecule has 0 bridgehead atoms. The van der Waals surface area contributed by atoms with Crippen LogP contribution in [0.3, 0.4) is 0 Å². The second kappa shape index (κ2) is 9.09. The minimum absolute atomic E-state index is 0.0223. The van der Waals surface area contributed by atoms with Gasteiger partial charge in [-0.1, -0.05) is 6.42 Å². The van der Waals surface area contributed by atoms with Crippen molar-refractivity contribution in [1.82, 2.24) is 0 Å². The molecule has 1 amide bonds. The van der Waals surface area contributed by atoms with Gasteiger partial charge in [-0.15, -0.1) is 0 Å². The number of amides is 1. The molecule has 5 nitrogen and oxygen atoms in total. The molecule has 5 heteroatoms. The first kappa shape index (κ1) is 16.2. The van der Waals surface area contributed by atoms with E-state index in [1.54, 1.807) is 31.2 Å². The average molecular weight is 278 g/mol. The van der Waals surface area contributed by atoms with Gasteiger partial charge in [0.2, 0.25) is 5.91 Å². The Labute approximate surface area is 119 Å². The molecular weight excluding hydrogens is 256 g/mol. The number of esters is 1. The molecular formula is C15H22N2O3. The highest BCUT2D eigenvalue weighted by molar-refractivity contribution is 5.93. The van der Waals surface area contributed by atoms with Crippen molar-refractivity contribution in [3.8, 4) is 0 Å².